The van der Waals surface area contributed by atoms with Crippen molar-refractivity contribution in [3.05, 3.63) is 30.4 Å². The SMILES string of the molecule is O=C(O)C[C@@H](NC(=O)c1cnc2nccn2c1)C1CCCCC1. The summed E-state index contributed by atoms with van der Waals surface area (Å²) in [5, 5.41) is 12.0. The number of carbonyl (C=O) groups is 2. The van der Waals surface area contributed by atoms with E-state index in [0.717, 1.165) is 25.7 Å². The van der Waals surface area contributed by atoms with Crippen LogP contribution in [0, 0.1) is 5.92 Å². The zero-order valence-electron chi connectivity index (χ0n) is 12.8. The highest BCUT2D eigenvalue weighted by atomic mass is 16.4. The molecule has 3 rings (SSSR count). The molecule has 2 aromatic heterocycles. The number of nitrogens with zero attached hydrogens (tertiary/aromatic N) is 3. The molecular weight excluding hydrogens is 296 g/mol. The smallest absolute Gasteiger partial charge is 0.305 e. The number of aromatic nitrogens is 3. The maximum absolute atomic E-state index is 12.5. The van der Waals surface area contributed by atoms with Gasteiger partial charge < -0.3 is 10.4 Å². The Balaban J connectivity index is 1.74. The maximum atomic E-state index is 12.5. The summed E-state index contributed by atoms with van der Waals surface area (Å²) in [6, 6.07) is -0.334. The Kier molecular flexibility index (Phi) is 4.55. The molecule has 0 spiro atoms. The molecule has 2 heterocycles. The number of hydrogen-bond donors (Lipinski definition) is 2. The first-order valence-corrected chi connectivity index (χ1v) is 7.95. The summed E-state index contributed by atoms with van der Waals surface area (Å²) in [5.41, 5.74) is 0.404. The van der Waals surface area contributed by atoms with Crippen LogP contribution in [0.5, 0.6) is 0 Å². The van der Waals surface area contributed by atoms with Gasteiger partial charge in [-0.1, -0.05) is 19.3 Å². The van der Waals surface area contributed by atoms with Crippen molar-refractivity contribution in [2.24, 2.45) is 5.92 Å². The van der Waals surface area contributed by atoms with Crippen LogP contribution >= 0.6 is 0 Å². The van der Waals surface area contributed by atoms with Crippen LogP contribution in [0.15, 0.2) is 24.8 Å². The van der Waals surface area contributed by atoms with Crippen molar-refractivity contribution in [3.8, 4) is 0 Å². The first kappa shape index (κ1) is 15.5. The highest BCUT2D eigenvalue weighted by Crippen LogP contribution is 2.28. The third-order valence-electron chi connectivity index (χ3n) is 4.44. The molecule has 0 aliphatic heterocycles. The molecule has 2 N–H and O–H groups in total. The molecule has 1 atom stereocenters. The van der Waals surface area contributed by atoms with Gasteiger partial charge in [-0.25, -0.2) is 9.97 Å². The lowest BCUT2D eigenvalue weighted by atomic mass is 9.82. The molecular formula is C16H20N4O3. The Morgan fingerprint density at radius 2 is 2.09 bits per heavy atom. The van der Waals surface area contributed by atoms with E-state index in [9.17, 15) is 9.59 Å². The van der Waals surface area contributed by atoms with E-state index < -0.39 is 5.97 Å². The van der Waals surface area contributed by atoms with Crippen molar-refractivity contribution in [1.29, 1.82) is 0 Å². The Hall–Kier alpha value is -2.44. The molecule has 7 nitrogen and oxygen atoms in total. The second kappa shape index (κ2) is 6.76. The largest absolute Gasteiger partial charge is 0.481 e. The number of carboxylic acid groups (broad SMARTS) is 1. The fourth-order valence-corrected chi connectivity index (χ4v) is 3.25. The van der Waals surface area contributed by atoms with E-state index in [4.69, 9.17) is 5.11 Å². The van der Waals surface area contributed by atoms with Crippen molar-refractivity contribution in [2.75, 3.05) is 0 Å². The number of imidazole rings is 1. The van der Waals surface area contributed by atoms with Gasteiger partial charge in [-0.2, -0.15) is 0 Å². The van der Waals surface area contributed by atoms with E-state index in [1.807, 2.05) is 0 Å². The summed E-state index contributed by atoms with van der Waals surface area (Å²) < 4.78 is 1.67. The highest BCUT2D eigenvalue weighted by molar-refractivity contribution is 5.94. The Bertz CT molecular complexity index is 706. The van der Waals surface area contributed by atoms with Gasteiger partial charge >= 0.3 is 5.97 Å². The van der Waals surface area contributed by atoms with Crippen molar-refractivity contribution in [1.82, 2.24) is 19.7 Å². The monoisotopic (exact) mass is 316 g/mol. The minimum atomic E-state index is -0.885. The van der Waals surface area contributed by atoms with Crippen LogP contribution in [0.25, 0.3) is 5.78 Å². The standard InChI is InChI=1S/C16H20N4O3/c21-14(22)8-13(11-4-2-1-3-5-11)19-15(23)12-9-18-16-17-6-7-20(16)10-12/h6-7,9-11,13H,1-5,8H2,(H,19,23)(H,21,22)/t13-/m1/s1. The van der Waals surface area contributed by atoms with Crippen molar-refractivity contribution >= 4 is 17.7 Å². The summed E-state index contributed by atoms with van der Waals surface area (Å²) >= 11 is 0. The molecule has 0 aromatic carbocycles. The molecule has 23 heavy (non-hydrogen) atoms. The fraction of sp³-hybridized carbons (Fsp3) is 0.500. The Morgan fingerprint density at radius 1 is 1.30 bits per heavy atom. The van der Waals surface area contributed by atoms with Crippen LogP contribution in [0.2, 0.25) is 0 Å². The molecule has 0 radical (unpaired) electrons. The average molecular weight is 316 g/mol. The van der Waals surface area contributed by atoms with Gasteiger partial charge in [0, 0.05) is 30.8 Å². The number of carboxylic acids is 1. The van der Waals surface area contributed by atoms with Crippen LogP contribution < -0.4 is 5.32 Å². The van der Waals surface area contributed by atoms with E-state index in [1.54, 1.807) is 23.0 Å². The molecule has 0 unspecified atom stereocenters. The molecule has 1 amide bonds. The quantitative estimate of drug-likeness (QED) is 0.878. The van der Waals surface area contributed by atoms with Gasteiger partial charge in [-0.3, -0.25) is 14.0 Å². The van der Waals surface area contributed by atoms with E-state index in [-0.39, 0.29) is 24.3 Å². The zero-order valence-corrected chi connectivity index (χ0v) is 12.8. The second-order valence-electron chi connectivity index (χ2n) is 6.05. The molecule has 0 bridgehead atoms. The number of amides is 1. The van der Waals surface area contributed by atoms with Crippen LogP contribution in [0.4, 0.5) is 0 Å². The van der Waals surface area contributed by atoms with Gasteiger partial charge in [0.1, 0.15) is 0 Å². The highest BCUT2D eigenvalue weighted by Gasteiger charge is 2.27. The Labute approximate surface area is 133 Å². The summed E-state index contributed by atoms with van der Waals surface area (Å²) in [7, 11) is 0. The molecule has 0 saturated heterocycles. The minimum Gasteiger partial charge on any atom is -0.481 e. The third kappa shape index (κ3) is 3.67. The minimum absolute atomic E-state index is 0.0445. The zero-order chi connectivity index (χ0) is 16.2. The van der Waals surface area contributed by atoms with Crippen LogP contribution in [-0.2, 0) is 4.79 Å². The van der Waals surface area contributed by atoms with Gasteiger partial charge in [-0.15, -0.1) is 0 Å². The van der Waals surface area contributed by atoms with Crippen LogP contribution in [0.1, 0.15) is 48.9 Å². The molecule has 1 aliphatic rings. The molecule has 1 fully saturated rings. The number of carbonyl (C=O) groups excluding carboxylic acids is 1. The maximum Gasteiger partial charge on any atom is 0.305 e. The van der Waals surface area contributed by atoms with E-state index in [0.29, 0.717) is 11.3 Å². The van der Waals surface area contributed by atoms with Crippen molar-refractivity contribution in [3.63, 3.8) is 0 Å². The van der Waals surface area contributed by atoms with E-state index in [1.165, 1.54) is 12.6 Å². The van der Waals surface area contributed by atoms with Gasteiger partial charge in [0.05, 0.1) is 12.0 Å². The van der Waals surface area contributed by atoms with Gasteiger partial charge in [0.15, 0.2) is 0 Å². The predicted molar refractivity (Wildman–Crippen MR) is 83.1 cm³/mol. The summed E-state index contributed by atoms with van der Waals surface area (Å²) in [6.07, 6.45) is 11.7. The lowest BCUT2D eigenvalue weighted by Gasteiger charge is -2.30. The normalized spacial score (nSPS) is 17.0. The van der Waals surface area contributed by atoms with Crippen molar-refractivity contribution in [2.45, 2.75) is 44.6 Å². The fourth-order valence-electron chi connectivity index (χ4n) is 3.25. The number of fused-ring (bicyclic) bond motifs is 1. The lowest BCUT2D eigenvalue weighted by Crippen LogP contribution is -2.42. The van der Waals surface area contributed by atoms with Crippen LogP contribution in [0.3, 0.4) is 0 Å². The first-order chi connectivity index (χ1) is 11.1. The number of rotatable bonds is 5. The number of hydrogen-bond acceptors (Lipinski definition) is 4. The lowest BCUT2D eigenvalue weighted by molar-refractivity contribution is -0.137. The van der Waals surface area contributed by atoms with E-state index in [2.05, 4.69) is 15.3 Å². The molecule has 122 valence electrons. The average Bonchev–Trinajstić information content (AvgIpc) is 3.02. The van der Waals surface area contributed by atoms with Crippen LogP contribution in [-0.4, -0.2) is 37.4 Å². The van der Waals surface area contributed by atoms with Gasteiger partial charge in [-0.05, 0) is 18.8 Å². The summed E-state index contributed by atoms with van der Waals surface area (Å²) in [5.74, 6) is -0.418. The first-order valence-electron chi connectivity index (χ1n) is 7.95. The summed E-state index contributed by atoms with van der Waals surface area (Å²) in [6.45, 7) is 0. The predicted octanol–water partition coefficient (Wildman–Crippen LogP) is 1.88. The molecule has 1 saturated carbocycles. The molecule has 1 aliphatic carbocycles. The number of nitrogens with one attached hydrogen (secondary N) is 1. The summed E-state index contributed by atoms with van der Waals surface area (Å²) in [4.78, 5) is 31.8. The van der Waals surface area contributed by atoms with E-state index >= 15 is 0 Å². The Morgan fingerprint density at radius 3 is 2.83 bits per heavy atom. The topological polar surface area (TPSA) is 96.6 Å². The second-order valence-corrected chi connectivity index (χ2v) is 6.05. The molecule has 7 heteroatoms. The van der Waals surface area contributed by atoms with Gasteiger partial charge in [0.2, 0.25) is 5.78 Å². The third-order valence-corrected chi connectivity index (χ3v) is 4.44. The molecule has 2 aromatic rings. The van der Waals surface area contributed by atoms with Gasteiger partial charge in [0.25, 0.3) is 5.91 Å². The van der Waals surface area contributed by atoms with Crippen molar-refractivity contribution < 1.29 is 14.7 Å². The number of aliphatic carboxylic acids is 1.